The zero-order valence-corrected chi connectivity index (χ0v) is 12.7. The molecule has 1 saturated heterocycles. The van der Waals surface area contributed by atoms with E-state index in [2.05, 4.69) is 32.7 Å². The molecule has 18 heavy (non-hydrogen) atoms. The average molecular weight is 256 g/mol. The van der Waals surface area contributed by atoms with Crippen LogP contribution in [0.25, 0.3) is 0 Å². The van der Waals surface area contributed by atoms with Gasteiger partial charge in [-0.2, -0.15) is 0 Å². The Hall–Kier alpha value is -0.120. The molecular weight excluding hydrogens is 224 g/mol. The summed E-state index contributed by atoms with van der Waals surface area (Å²) in [5, 5.41) is 0. The monoisotopic (exact) mass is 256 g/mol. The van der Waals surface area contributed by atoms with Crippen LogP contribution in [0.3, 0.4) is 0 Å². The molecule has 0 aliphatic carbocycles. The molecule has 1 aliphatic heterocycles. The van der Waals surface area contributed by atoms with E-state index in [1.807, 2.05) is 0 Å². The molecule has 0 aromatic carbocycles. The molecule has 0 aromatic heterocycles. The minimum absolute atomic E-state index is 0.174. The van der Waals surface area contributed by atoms with Crippen LogP contribution < -0.4 is 5.73 Å². The summed E-state index contributed by atoms with van der Waals surface area (Å²) in [5.74, 6) is 0.758. The quantitative estimate of drug-likeness (QED) is 0.761. The molecule has 3 heteroatoms. The number of likely N-dealkylation sites (N-methyl/N-ethyl adjacent to an activating group) is 1. The summed E-state index contributed by atoms with van der Waals surface area (Å²) in [7, 11) is 2.24. The van der Waals surface area contributed by atoms with Crippen molar-refractivity contribution in [3.63, 3.8) is 0 Å². The van der Waals surface area contributed by atoms with Crippen LogP contribution in [-0.2, 0) is 4.74 Å². The predicted octanol–water partition coefficient (Wildman–Crippen LogP) is 2.64. The van der Waals surface area contributed by atoms with Gasteiger partial charge in [0.25, 0.3) is 0 Å². The second kappa shape index (κ2) is 7.46. The summed E-state index contributed by atoms with van der Waals surface area (Å²) in [6.07, 6.45) is 6.21. The normalized spacial score (nSPS) is 29.2. The van der Waals surface area contributed by atoms with E-state index in [0.717, 1.165) is 38.5 Å². The lowest BCUT2D eigenvalue weighted by atomic mass is 9.83. The maximum atomic E-state index is 6.11. The molecule has 1 rings (SSSR count). The molecule has 0 bridgehead atoms. The van der Waals surface area contributed by atoms with Crippen molar-refractivity contribution in [1.29, 1.82) is 0 Å². The lowest BCUT2D eigenvalue weighted by Crippen LogP contribution is -2.57. The van der Waals surface area contributed by atoms with E-state index < -0.39 is 0 Å². The number of nitrogens with zero attached hydrogens (tertiary/aromatic N) is 1. The van der Waals surface area contributed by atoms with E-state index in [-0.39, 0.29) is 5.54 Å². The molecule has 0 spiro atoms. The van der Waals surface area contributed by atoms with E-state index >= 15 is 0 Å². The Balaban J connectivity index is 2.59. The van der Waals surface area contributed by atoms with Crippen LogP contribution in [0, 0.1) is 5.92 Å². The van der Waals surface area contributed by atoms with Gasteiger partial charge in [-0.15, -0.1) is 0 Å². The molecule has 0 aromatic rings. The summed E-state index contributed by atoms with van der Waals surface area (Å²) in [6, 6.07) is 0. The van der Waals surface area contributed by atoms with Crippen LogP contribution in [0.4, 0.5) is 0 Å². The van der Waals surface area contributed by atoms with E-state index in [4.69, 9.17) is 10.5 Å². The predicted molar refractivity (Wildman–Crippen MR) is 77.8 cm³/mol. The van der Waals surface area contributed by atoms with Gasteiger partial charge in [0.1, 0.15) is 0 Å². The minimum Gasteiger partial charge on any atom is -0.378 e. The number of hydrogen-bond donors (Lipinski definition) is 1. The second-order valence-electron chi connectivity index (χ2n) is 6.27. The Bertz CT molecular complexity index is 231. The highest BCUT2D eigenvalue weighted by Crippen LogP contribution is 2.31. The van der Waals surface area contributed by atoms with Crippen LogP contribution in [0.2, 0.25) is 0 Å². The van der Waals surface area contributed by atoms with Gasteiger partial charge in [-0.3, -0.25) is 4.90 Å². The van der Waals surface area contributed by atoms with Crippen LogP contribution in [0.15, 0.2) is 0 Å². The van der Waals surface area contributed by atoms with Crippen molar-refractivity contribution in [2.75, 3.05) is 26.7 Å². The maximum Gasteiger partial charge on any atom is 0.0593 e. The van der Waals surface area contributed by atoms with Gasteiger partial charge in [0.05, 0.1) is 6.10 Å². The molecule has 3 nitrogen and oxygen atoms in total. The average Bonchev–Trinajstić information content (AvgIpc) is 2.36. The summed E-state index contributed by atoms with van der Waals surface area (Å²) in [4.78, 5) is 2.50. The fourth-order valence-corrected chi connectivity index (χ4v) is 2.88. The standard InChI is InChI=1S/C15H32N2O/c1-5-6-14-11-15(12-16,8-10-18-14)17(4)9-7-13(2)3/h13-14H,5-12,16H2,1-4H3. The van der Waals surface area contributed by atoms with Crippen molar-refractivity contribution in [3.05, 3.63) is 0 Å². The molecule has 108 valence electrons. The van der Waals surface area contributed by atoms with E-state index in [9.17, 15) is 0 Å². The van der Waals surface area contributed by atoms with Crippen molar-refractivity contribution >= 4 is 0 Å². The third kappa shape index (κ3) is 4.22. The van der Waals surface area contributed by atoms with Crippen LogP contribution in [-0.4, -0.2) is 43.3 Å². The fourth-order valence-electron chi connectivity index (χ4n) is 2.88. The molecule has 2 N–H and O–H groups in total. The topological polar surface area (TPSA) is 38.5 Å². The van der Waals surface area contributed by atoms with Gasteiger partial charge in [0.15, 0.2) is 0 Å². The SMILES string of the molecule is CCCC1CC(CN)(N(C)CCC(C)C)CCO1. The molecule has 1 aliphatic rings. The summed E-state index contributed by atoms with van der Waals surface area (Å²) in [6.45, 7) is 9.57. The van der Waals surface area contributed by atoms with Crippen LogP contribution in [0.5, 0.6) is 0 Å². The van der Waals surface area contributed by atoms with Crippen LogP contribution >= 0.6 is 0 Å². The zero-order valence-electron chi connectivity index (χ0n) is 12.7. The van der Waals surface area contributed by atoms with Gasteiger partial charge in [0.2, 0.25) is 0 Å². The molecule has 0 radical (unpaired) electrons. The van der Waals surface area contributed by atoms with Gasteiger partial charge in [-0.05, 0) is 45.2 Å². The van der Waals surface area contributed by atoms with E-state index in [0.29, 0.717) is 6.10 Å². The molecular formula is C15H32N2O. The third-order valence-electron chi connectivity index (χ3n) is 4.37. The van der Waals surface area contributed by atoms with Crippen molar-refractivity contribution in [1.82, 2.24) is 4.90 Å². The lowest BCUT2D eigenvalue weighted by molar-refractivity contribution is -0.0675. The van der Waals surface area contributed by atoms with Crippen molar-refractivity contribution in [3.8, 4) is 0 Å². The first-order valence-corrected chi connectivity index (χ1v) is 7.57. The third-order valence-corrected chi connectivity index (χ3v) is 4.37. The Morgan fingerprint density at radius 1 is 1.44 bits per heavy atom. The molecule has 2 atom stereocenters. The van der Waals surface area contributed by atoms with E-state index in [1.165, 1.54) is 19.3 Å². The lowest BCUT2D eigenvalue weighted by Gasteiger charge is -2.46. The summed E-state index contributed by atoms with van der Waals surface area (Å²) < 4.78 is 5.87. The highest BCUT2D eigenvalue weighted by Gasteiger charge is 2.38. The highest BCUT2D eigenvalue weighted by molar-refractivity contribution is 4.95. The summed E-state index contributed by atoms with van der Waals surface area (Å²) in [5.41, 5.74) is 6.28. The Morgan fingerprint density at radius 3 is 2.72 bits per heavy atom. The first-order chi connectivity index (χ1) is 8.54. The molecule has 0 amide bonds. The van der Waals surface area contributed by atoms with Crippen molar-refractivity contribution in [2.24, 2.45) is 11.7 Å². The minimum atomic E-state index is 0.174. The Labute approximate surface area is 113 Å². The van der Waals surface area contributed by atoms with Crippen molar-refractivity contribution in [2.45, 2.75) is 64.5 Å². The number of nitrogens with two attached hydrogens (primary N) is 1. The van der Waals surface area contributed by atoms with Crippen molar-refractivity contribution < 1.29 is 4.74 Å². The molecule has 1 fully saturated rings. The van der Waals surface area contributed by atoms with Gasteiger partial charge in [0, 0.05) is 18.7 Å². The molecule has 2 unspecified atom stereocenters. The molecule has 1 heterocycles. The first-order valence-electron chi connectivity index (χ1n) is 7.57. The molecule has 0 saturated carbocycles. The maximum absolute atomic E-state index is 6.11. The van der Waals surface area contributed by atoms with Crippen LogP contribution in [0.1, 0.15) is 52.9 Å². The van der Waals surface area contributed by atoms with E-state index in [1.54, 1.807) is 0 Å². The fraction of sp³-hybridized carbons (Fsp3) is 1.00. The number of ether oxygens (including phenoxy) is 1. The smallest absolute Gasteiger partial charge is 0.0593 e. The highest BCUT2D eigenvalue weighted by atomic mass is 16.5. The number of hydrogen-bond acceptors (Lipinski definition) is 3. The van der Waals surface area contributed by atoms with Gasteiger partial charge in [-0.1, -0.05) is 27.2 Å². The van der Waals surface area contributed by atoms with Gasteiger partial charge < -0.3 is 10.5 Å². The summed E-state index contributed by atoms with van der Waals surface area (Å²) >= 11 is 0. The zero-order chi connectivity index (χ0) is 13.6. The van der Waals surface area contributed by atoms with Gasteiger partial charge in [-0.25, -0.2) is 0 Å². The Morgan fingerprint density at radius 2 is 2.17 bits per heavy atom. The largest absolute Gasteiger partial charge is 0.378 e. The second-order valence-corrected chi connectivity index (χ2v) is 6.27. The Kier molecular flexibility index (Phi) is 6.61. The van der Waals surface area contributed by atoms with Gasteiger partial charge >= 0.3 is 0 Å². The number of rotatable bonds is 7. The first kappa shape index (κ1) is 15.9.